The Bertz CT molecular complexity index is 712. The van der Waals surface area contributed by atoms with Crippen LogP contribution in [0.25, 0.3) is 11.4 Å². The molecule has 2 aromatic rings. The number of hydrogen-bond acceptors (Lipinski definition) is 5. The van der Waals surface area contributed by atoms with Crippen LogP contribution < -0.4 is 10.6 Å². The summed E-state index contributed by atoms with van der Waals surface area (Å²) in [5, 5.41) is 13.9. The number of amides is 3. The van der Waals surface area contributed by atoms with E-state index in [0.717, 1.165) is 24.2 Å². The van der Waals surface area contributed by atoms with E-state index in [9.17, 15) is 9.59 Å². The van der Waals surface area contributed by atoms with Crippen LogP contribution >= 0.6 is 11.8 Å². The van der Waals surface area contributed by atoms with Gasteiger partial charge in [-0.2, -0.15) is 0 Å². The maximum Gasteiger partial charge on any atom is 0.321 e. The molecule has 1 aromatic heterocycles. The maximum atomic E-state index is 11.8. The van der Waals surface area contributed by atoms with E-state index in [0.29, 0.717) is 5.16 Å². The van der Waals surface area contributed by atoms with Crippen molar-refractivity contribution >= 4 is 23.7 Å². The SMILES string of the molecule is Cn1c(SCC(=O)NC(=O)NC2CC2)nnc1-c1ccccc1. The molecule has 3 rings (SSSR count). The first-order chi connectivity index (χ1) is 11.1. The van der Waals surface area contributed by atoms with Crippen LogP contribution in [0.3, 0.4) is 0 Å². The molecule has 0 spiro atoms. The molecule has 1 aromatic carbocycles. The van der Waals surface area contributed by atoms with Gasteiger partial charge < -0.3 is 9.88 Å². The fraction of sp³-hybridized carbons (Fsp3) is 0.333. The monoisotopic (exact) mass is 331 g/mol. The average Bonchev–Trinajstić information content (AvgIpc) is 3.27. The number of carbonyl (C=O) groups excluding carboxylic acids is 2. The second kappa shape index (κ2) is 6.82. The van der Waals surface area contributed by atoms with Crippen molar-refractivity contribution in [3.05, 3.63) is 30.3 Å². The van der Waals surface area contributed by atoms with Gasteiger partial charge in [-0.05, 0) is 12.8 Å². The number of aromatic nitrogens is 3. The van der Waals surface area contributed by atoms with Gasteiger partial charge in [0.1, 0.15) is 0 Å². The quantitative estimate of drug-likeness (QED) is 0.812. The number of nitrogens with one attached hydrogen (secondary N) is 2. The Morgan fingerprint density at radius 1 is 1.26 bits per heavy atom. The molecule has 1 aliphatic carbocycles. The molecular formula is C15H17N5O2S. The molecule has 1 saturated carbocycles. The van der Waals surface area contributed by atoms with E-state index in [4.69, 9.17) is 0 Å². The Labute approximate surface area is 137 Å². The molecule has 7 nitrogen and oxygen atoms in total. The number of rotatable bonds is 5. The van der Waals surface area contributed by atoms with E-state index in [1.54, 1.807) is 0 Å². The number of nitrogens with zero attached hydrogens (tertiary/aromatic N) is 3. The first-order valence-corrected chi connectivity index (χ1v) is 8.30. The summed E-state index contributed by atoms with van der Waals surface area (Å²) < 4.78 is 1.83. The second-order valence-electron chi connectivity index (χ2n) is 5.32. The molecule has 0 saturated heterocycles. The predicted octanol–water partition coefficient (Wildman–Crippen LogP) is 1.56. The lowest BCUT2D eigenvalue weighted by atomic mass is 10.2. The maximum absolute atomic E-state index is 11.8. The van der Waals surface area contributed by atoms with Crippen LogP contribution in [-0.4, -0.2) is 38.5 Å². The van der Waals surface area contributed by atoms with Gasteiger partial charge in [0.15, 0.2) is 11.0 Å². The zero-order valence-electron chi connectivity index (χ0n) is 12.7. The van der Waals surface area contributed by atoms with Crippen molar-refractivity contribution in [2.75, 3.05) is 5.75 Å². The van der Waals surface area contributed by atoms with Crippen molar-refractivity contribution in [1.29, 1.82) is 0 Å². The minimum Gasteiger partial charge on any atom is -0.335 e. The summed E-state index contributed by atoms with van der Waals surface area (Å²) in [5.74, 6) is 0.496. The van der Waals surface area contributed by atoms with Gasteiger partial charge in [-0.1, -0.05) is 42.1 Å². The third-order valence-corrected chi connectivity index (χ3v) is 4.39. The molecule has 2 N–H and O–H groups in total. The van der Waals surface area contributed by atoms with Crippen LogP contribution in [0.5, 0.6) is 0 Å². The average molecular weight is 331 g/mol. The molecule has 23 heavy (non-hydrogen) atoms. The Kier molecular flexibility index (Phi) is 4.61. The van der Waals surface area contributed by atoms with Crippen molar-refractivity contribution in [3.63, 3.8) is 0 Å². The summed E-state index contributed by atoms with van der Waals surface area (Å²) in [6.45, 7) is 0. The van der Waals surface area contributed by atoms with Gasteiger partial charge >= 0.3 is 6.03 Å². The summed E-state index contributed by atoms with van der Waals surface area (Å²) >= 11 is 1.24. The van der Waals surface area contributed by atoms with Crippen molar-refractivity contribution in [2.24, 2.45) is 7.05 Å². The lowest BCUT2D eigenvalue weighted by Crippen LogP contribution is -2.41. The Balaban J connectivity index is 1.55. The van der Waals surface area contributed by atoms with Gasteiger partial charge in [0.25, 0.3) is 0 Å². The number of thioether (sulfide) groups is 1. The van der Waals surface area contributed by atoms with Gasteiger partial charge in [0.05, 0.1) is 5.75 Å². The molecule has 8 heteroatoms. The lowest BCUT2D eigenvalue weighted by Gasteiger charge is -2.05. The summed E-state index contributed by atoms with van der Waals surface area (Å²) in [6.07, 6.45) is 1.97. The van der Waals surface area contributed by atoms with Gasteiger partial charge in [-0.15, -0.1) is 10.2 Å². The first kappa shape index (κ1) is 15.5. The van der Waals surface area contributed by atoms with Crippen molar-refractivity contribution < 1.29 is 9.59 Å². The molecular weight excluding hydrogens is 314 g/mol. The molecule has 1 heterocycles. The smallest absolute Gasteiger partial charge is 0.321 e. The van der Waals surface area contributed by atoms with Crippen LogP contribution in [0.4, 0.5) is 4.79 Å². The topological polar surface area (TPSA) is 88.9 Å². The fourth-order valence-corrected chi connectivity index (χ4v) is 2.73. The molecule has 0 radical (unpaired) electrons. The Morgan fingerprint density at radius 2 is 2.00 bits per heavy atom. The number of benzene rings is 1. The molecule has 0 atom stereocenters. The van der Waals surface area contributed by atoms with E-state index in [-0.39, 0.29) is 17.7 Å². The van der Waals surface area contributed by atoms with Crippen molar-refractivity contribution in [1.82, 2.24) is 25.4 Å². The van der Waals surface area contributed by atoms with E-state index >= 15 is 0 Å². The highest BCUT2D eigenvalue weighted by atomic mass is 32.2. The molecule has 1 aliphatic rings. The van der Waals surface area contributed by atoms with Crippen LogP contribution in [0.2, 0.25) is 0 Å². The fourth-order valence-electron chi connectivity index (χ4n) is 2.02. The summed E-state index contributed by atoms with van der Waals surface area (Å²) in [7, 11) is 1.85. The standard InChI is InChI=1S/C15H17N5O2S/c1-20-13(10-5-3-2-4-6-10)18-19-15(20)23-9-12(21)17-14(22)16-11-7-8-11/h2-6,11H,7-9H2,1H3,(H2,16,17,21,22). The zero-order chi connectivity index (χ0) is 16.2. The third kappa shape index (κ3) is 4.10. The number of carbonyl (C=O) groups is 2. The van der Waals surface area contributed by atoms with Gasteiger partial charge in [-0.3, -0.25) is 10.1 Å². The Morgan fingerprint density at radius 3 is 2.70 bits per heavy atom. The highest BCUT2D eigenvalue weighted by Crippen LogP contribution is 2.22. The molecule has 120 valence electrons. The highest BCUT2D eigenvalue weighted by molar-refractivity contribution is 7.99. The molecule has 0 bridgehead atoms. The number of imide groups is 1. The molecule has 0 aliphatic heterocycles. The molecule has 3 amide bonds. The van der Waals surface area contributed by atoms with E-state index in [2.05, 4.69) is 20.8 Å². The van der Waals surface area contributed by atoms with Gasteiger partial charge in [-0.25, -0.2) is 4.79 Å². The third-order valence-electron chi connectivity index (χ3n) is 3.36. The predicted molar refractivity (Wildman–Crippen MR) is 86.9 cm³/mol. The normalized spacial score (nSPS) is 13.6. The van der Waals surface area contributed by atoms with Crippen LogP contribution in [0.1, 0.15) is 12.8 Å². The number of urea groups is 1. The lowest BCUT2D eigenvalue weighted by molar-refractivity contribution is -0.117. The van der Waals surface area contributed by atoms with Crippen LogP contribution in [0, 0.1) is 0 Å². The van der Waals surface area contributed by atoms with E-state index < -0.39 is 6.03 Å². The highest BCUT2D eigenvalue weighted by Gasteiger charge is 2.24. The summed E-state index contributed by atoms with van der Waals surface area (Å²) in [5.41, 5.74) is 0.961. The van der Waals surface area contributed by atoms with Crippen LogP contribution in [0.15, 0.2) is 35.5 Å². The van der Waals surface area contributed by atoms with Crippen LogP contribution in [-0.2, 0) is 11.8 Å². The molecule has 0 unspecified atom stereocenters. The summed E-state index contributed by atoms with van der Waals surface area (Å²) in [6, 6.07) is 9.50. The molecule has 1 fully saturated rings. The Hall–Kier alpha value is -2.35. The second-order valence-corrected chi connectivity index (χ2v) is 6.26. The van der Waals surface area contributed by atoms with E-state index in [1.165, 1.54) is 11.8 Å². The van der Waals surface area contributed by atoms with E-state index in [1.807, 2.05) is 41.9 Å². The minimum atomic E-state index is -0.430. The minimum absolute atomic E-state index is 0.110. The van der Waals surface area contributed by atoms with Crippen molar-refractivity contribution in [2.45, 2.75) is 24.0 Å². The van der Waals surface area contributed by atoms with Gasteiger partial charge in [0.2, 0.25) is 5.91 Å². The largest absolute Gasteiger partial charge is 0.335 e. The van der Waals surface area contributed by atoms with Crippen molar-refractivity contribution in [3.8, 4) is 11.4 Å². The first-order valence-electron chi connectivity index (χ1n) is 7.31. The number of hydrogen-bond donors (Lipinski definition) is 2. The summed E-state index contributed by atoms with van der Waals surface area (Å²) in [4.78, 5) is 23.3. The zero-order valence-corrected chi connectivity index (χ0v) is 13.5. The van der Waals surface area contributed by atoms with Gasteiger partial charge in [0, 0.05) is 18.7 Å².